The normalized spacial score (nSPS) is 21.2. The molecule has 2 saturated heterocycles. The van der Waals surface area contributed by atoms with Crippen molar-refractivity contribution in [3.8, 4) is 11.5 Å². The van der Waals surface area contributed by atoms with E-state index in [1.807, 2.05) is 34.2 Å². The minimum Gasteiger partial charge on any atom is -0.496 e. The van der Waals surface area contributed by atoms with Crippen molar-refractivity contribution >= 4 is 61.0 Å². The molecule has 2 aromatic heterocycles. The van der Waals surface area contributed by atoms with Gasteiger partial charge in [-0.15, -0.1) is 23.2 Å². The zero-order chi connectivity index (χ0) is 59.5. The fraction of sp³-hybridized carbons (Fsp3) is 0.462. The number of aromatic amines is 2. The van der Waals surface area contributed by atoms with Gasteiger partial charge in [0.2, 0.25) is 11.6 Å². The van der Waals surface area contributed by atoms with Crippen molar-refractivity contribution in [1.29, 1.82) is 0 Å². The first-order valence-electron chi connectivity index (χ1n) is 25.7. The van der Waals surface area contributed by atoms with Crippen LogP contribution in [0.5, 0.6) is 11.5 Å². The third-order valence-electron chi connectivity index (χ3n) is 13.5. The fourth-order valence-electron chi connectivity index (χ4n) is 9.01. The number of allylic oxidation sites excluding steroid dienone is 1. The Morgan fingerprint density at radius 3 is 1.63 bits per heavy atom. The van der Waals surface area contributed by atoms with Crippen molar-refractivity contribution in [3.63, 3.8) is 0 Å². The minimum absolute atomic E-state index is 0.00151. The number of aromatic nitrogens is 4. The van der Waals surface area contributed by atoms with Crippen LogP contribution in [-0.4, -0.2) is 148 Å². The first-order chi connectivity index (χ1) is 39.1. The largest absolute Gasteiger partial charge is 0.496 e. The predicted molar refractivity (Wildman–Crippen MR) is 295 cm³/mol. The summed E-state index contributed by atoms with van der Waals surface area (Å²) in [6.45, 7) is -0.882. The van der Waals surface area contributed by atoms with E-state index in [1.165, 1.54) is 35.6 Å². The maximum Gasteiger partial charge on any atom is 0.408 e. The van der Waals surface area contributed by atoms with E-state index in [2.05, 4.69) is 0 Å². The summed E-state index contributed by atoms with van der Waals surface area (Å²) in [7, 11) is -1.97. The number of benzene rings is 3. The number of rotatable bonds is 26. The van der Waals surface area contributed by atoms with Crippen LogP contribution < -0.4 is 32.0 Å². The second-order valence-corrected chi connectivity index (χ2v) is 24.0. The number of aliphatic hydroxyl groups excluding tert-OH is 2. The summed E-state index contributed by atoms with van der Waals surface area (Å²) in [6, 6.07) is 15.6. The first-order valence-corrected chi connectivity index (χ1v) is 29.7. The van der Waals surface area contributed by atoms with Gasteiger partial charge in [-0.3, -0.25) is 56.4 Å². The monoisotopic (exact) mass is 1230 g/mol. The van der Waals surface area contributed by atoms with Crippen molar-refractivity contribution in [2.24, 2.45) is 0 Å². The summed E-state index contributed by atoms with van der Waals surface area (Å²) >= 11 is 11.6. The van der Waals surface area contributed by atoms with E-state index in [1.54, 1.807) is 32.4 Å². The quantitative estimate of drug-likeness (QED) is 0.0272. The number of ether oxygens (including phenoxy) is 4. The zero-order valence-corrected chi connectivity index (χ0v) is 48.2. The van der Waals surface area contributed by atoms with Crippen LogP contribution in [0, 0.1) is 11.6 Å². The molecule has 4 N–H and O–H groups in total. The van der Waals surface area contributed by atoms with Gasteiger partial charge in [-0.05, 0) is 51.9 Å². The summed E-state index contributed by atoms with van der Waals surface area (Å²) in [5, 5.41) is 22.7. The predicted octanol–water partition coefficient (Wildman–Crippen LogP) is 6.21. The standard InChI is InChI=1S/C27H34ClFN3O9P.C25H28ClFN3O9P/c1-31(11-7-6-10-28)42(36,39-15-17-12-22(37-2)18-8-4-5-9-19(18)25(17)38-3)40-16-23-21(33)13-24(41-23)32-14-20(29)26(34)30-27(32)35;1-29(9-5-4-8-26)40(36,37-13-15-10-19(31)16-6-2-3-7-17(16)23(15)33)38-14-21-20(32)11-22(39-21)30-12-18(27)24(34)28-25(30)35/h4-5,8-9,12,14,21,23-24,33H,6-7,10-11,13,15-16H2,1-3H3,(H,30,34,35);2-3,6-7,10,12,20-22,32H,4-5,8-9,11,13-14H2,1H3,(H,28,34,35)/t21?,23-,24-,42?;20?,21-,22-,40?/m11/s1. The number of carbonyl (C=O) groups is 2. The Morgan fingerprint density at radius 1 is 0.671 bits per heavy atom. The van der Waals surface area contributed by atoms with Crippen LogP contribution in [0.3, 0.4) is 0 Å². The summed E-state index contributed by atoms with van der Waals surface area (Å²) in [6.07, 6.45) is -1.90. The minimum atomic E-state index is -4.12. The highest BCUT2D eigenvalue weighted by atomic mass is 35.5. The summed E-state index contributed by atoms with van der Waals surface area (Å²) in [4.78, 5) is 76.1. The Labute approximate surface area is 477 Å². The fourth-order valence-corrected chi connectivity index (χ4v) is 12.4. The number of alkyl halides is 2. The number of Topliss-reactive ketones (excluding diaryl/α,β-unsaturated/α-hetero) is 1. The third-order valence-corrected chi connectivity index (χ3v) is 18.0. The van der Waals surface area contributed by atoms with Crippen molar-refractivity contribution in [3.05, 3.63) is 149 Å². The molecule has 4 heterocycles. The average molecular weight is 1230 g/mol. The van der Waals surface area contributed by atoms with Crippen LogP contribution in [0.2, 0.25) is 0 Å². The Kier molecular flexibility index (Phi) is 22.5. The van der Waals surface area contributed by atoms with Gasteiger partial charge in [0.05, 0.1) is 65.2 Å². The highest BCUT2D eigenvalue weighted by Crippen LogP contribution is 2.54. The van der Waals surface area contributed by atoms with E-state index in [0.29, 0.717) is 73.4 Å². The van der Waals surface area contributed by atoms with Gasteiger partial charge < -0.3 is 29.2 Å². The van der Waals surface area contributed by atoms with Crippen molar-refractivity contribution in [2.45, 2.75) is 82.0 Å². The molecule has 1 aliphatic carbocycles. The lowest BCUT2D eigenvalue weighted by Gasteiger charge is -2.29. The number of ketones is 2. The lowest BCUT2D eigenvalue weighted by molar-refractivity contribution is -0.0457. The molecule has 0 bridgehead atoms. The second-order valence-electron chi connectivity index (χ2n) is 19.0. The molecule has 24 nitrogen and oxygen atoms in total. The molecule has 2 fully saturated rings. The van der Waals surface area contributed by atoms with E-state index in [-0.39, 0.29) is 55.1 Å². The van der Waals surface area contributed by atoms with Crippen molar-refractivity contribution in [2.75, 3.05) is 73.0 Å². The molecule has 0 spiro atoms. The molecule has 446 valence electrons. The number of methoxy groups -OCH3 is 2. The Morgan fingerprint density at radius 2 is 1.15 bits per heavy atom. The lowest BCUT2D eigenvalue weighted by Crippen LogP contribution is -2.34. The van der Waals surface area contributed by atoms with Crippen LogP contribution in [0.25, 0.3) is 10.8 Å². The van der Waals surface area contributed by atoms with Crippen LogP contribution in [0.1, 0.15) is 77.3 Å². The molecule has 8 rings (SSSR count). The van der Waals surface area contributed by atoms with E-state index < -0.39 is 105 Å². The molecule has 82 heavy (non-hydrogen) atoms. The van der Waals surface area contributed by atoms with Gasteiger partial charge in [-0.2, -0.15) is 8.78 Å². The maximum absolute atomic E-state index is 14.1. The first kappa shape index (κ1) is 64.0. The van der Waals surface area contributed by atoms with Crippen LogP contribution in [0.15, 0.2) is 97.8 Å². The molecule has 3 aliphatic rings. The Hall–Kier alpha value is -5.54. The molecule has 5 aromatic rings. The molecule has 3 aromatic carbocycles. The lowest BCUT2D eigenvalue weighted by atomic mass is 9.90. The number of H-pyrrole nitrogens is 2. The van der Waals surface area contributed by atoms with Crippen LogP contribution >= 0.6 is 38.7 Å². The zero-order valence-electron chi connectivity index (χ0n) is 44.9. The van der Waals surface area contributed by atoms with E-state index in [0.717, 1.165) is 26.0 Å². The number of carbonyl (C=O) groups excluding carboxylic acids is 2. The van der Waals surface area contributed by atoms with Crippen LogP contribution in [0.4, 0.5) is 8.78 Å². The van der Waals surface area contributed by atoms with E-state index in [4.69, 9.17) is 60.2 Å². The smallest absolute Gasteiger partial charge is 0.408 e. The number of fused-ring (bicyclic) bond motifs is 2. The molecule has 0 saturated carbocycles. The number of halogens is 4. The SMILES string of the molecule is CN(CCCCCl)P(=O)(OCC1=CC(=O)c2ccccc2C1=O)OC[C@H]1O[C@@H](n2cc(F)c(=O)[nH]c2=O)CC1O.COc1cc(COP(=O)(OC[C@H]2O[C@@H](n3cc(F)c(=O)[nH]c3=O)CC2O)N(C)CCCCCl)c(OC)c2ccccc12. The Balaban J connectivity index is 0.000000236. The van der Waals surface area contributed by atoms with Gasteiger partial charge in [0.1, 0.15) is 36.2 Å². The molecule has 4 unspecified atom stereocenters. The maximum atomic E-state index is 14.1. The number of aliphatic hydroxyl groups is 2. The van der Waals surface area contributed by atoms with Gasteiger partial charge in [0, 0.05) is 70.7 Å². The number of unbranched alkanes of at least 4 members (excludes halogenated alkanes) is 2. The Bertz CT molecular complexity index is 3480. The molecule has 0 radical (unpaired) electrons. The van der Waals surface area contributed by atoms with E-state index in [9.17, 15) is 56.9 Å². The summed E-state index contributed by atoms with van der Waals surface area (Å²) in [5.74, 6) is -1.28. The number of nitrogens with zero attached hydrogens (tertiary/aromatic N) is 4. The number of hydrogen-bond acceptors (Lipinski definition) is 18. The van der Waals surface area contributed by atoms with Gasteiger partial charge in [0.15, 0.2) is 11.6 Å². The molecule has 8 atom stereocenters. The molecular weight excluding hydrogens is 1170 g/mol. The molecule has 0 amide bonds. The van der Waals surface area contributed by atoms with Crippen LogP contribution in [-0.2, 0) is 43.3 Å². The molecular formula is C52H62Cl2F2N6O18P2. The van der Waals surface area contributed by atoms with Gasteiger partial charge in [-0.25, -0.2) is 28.1 Å². The highest BCUT2D eigenvalue weighted by Gasteiger charge is 2.42. The third kappa shape index (κ3) is 15.2. The average Bonchev–Trinajstić information content (AvgIpc) is 3.92. The molecule has 30 heteroatoms. The van der Waals surface area contributed by atoms with Gasteiger partial charge >= 0.3 is 26.9 Å². The van der Waals surface area contributed by atoms with Crippen molar-refractivity contribution in [1.82, 2.24) is 28.4 Å². The van der Waals surface area contributed by atoms with Gasteiger partial charge in [0.25, 0.3) is 11.1 Å². The topological polar surface area (TPSA) is 299 Å². The summed E-state index contributed by atoms with van der Waals surface area (Å²) < 4.78 is 106. The van der Waals surface area contributed by atoms with E-state index >= 15 is 0 Å². The second kappa shape index (κ2) is 28.8. The number of nitrogens with one attached hydrogen (secondary N) is 2. The van der Waals surface area contributed by atoms with Crippen molar-refractivity contribution < 1.29 is 74.8 Å². The number of hydrogen-bond donors (Lipinski definition) is 4. The van der Waals surface area contributed by atoms with Gasteiger partial charge in [-0.1, -0.05) is 48.5 Å². The molecule has 2 aliphatic heterocycles. The summed E-state index contributed by atoms with van der Waals surface area (Å²) in [5.41, 5.74) is -3.13. The highest BCUT2D eigenvalue weighted by molar-refractivity contribution is 7.51.